The van der Waals surface area contributed by atoms with Crippen molar-refractivity contribution in [3.8, 4) is 0 Å². The number of rotatable bonds is 1. The van der Waals surface area contributed by atoms with Crippen molar-refractivity contribution in [1.82, 2.24) is 0 Å². The summed E-state index contributed by atoms with van der Waals surface area (Å²) in [6, 6.07) is 0. The molecule has 5 heteroatoms. The highest BCUT2D eigenvalue weighted by Gasteiger charge is 2.13. The summed E-state index contributed by atoms with van der Waals surface area (Å²) in [5.41, 5.74) is 0. The summed E-state index contributed by atoms with van der Waals surface area (Å²) >= 11 is -2.55. The summed E-state index contributed by atoms with van der Waals surface area (Å²) in [7, 11) is 0. The van der Waals surface area contributed by atoms with Crippen molar-refractivity contribution >= 4 is 11.1 Å². The van der Waals surface area contributed by atoms with Crippen LogP contribution in [0.2, 0.25) is 0 Å². The van der Waals surface area contributed by atoms with Crippen LogP contribution in [0.1, 0.15) is 12.8 Å². The van der Waals surface area contributed by atoms with Crippen LogP contribution in [-0.4, -0.2) is 8.76 Å². The quantitative estimate of drug-likeness (QED) is 0.574. The lowest BCUT2D eigenvalue weighted by atomic mass is 10.2. The molecule has 0 amide bonds. The summed E-state index contributed by atoms with van der Waals surface area (Å²) in [6.07, 6.45) is 0.496. The van der Waals surface area contributed by atoms with Gasteiger partial charge in [0.2, 0.25) is 0 Å². The smallest absolute Gasteiger partial charge is 0.136 e. The van der Waals surface area contributed by atoms with Crippen molar-refractivity contribution in [3.05, 3.63) is 22.6 Å². The second-order valence-electron chi connectivity index (χ2n) is 2.10. The van der Waals surface area contributed by atoms with E-state index in [1.54, 1.807) is 0 Å². The highest BCUT2D eigenvalue weighted by molar-refractivity contribution is 7.83. The van der Waals surface area contributed by atoms with Gasteiger partial charge in [-0.25, -0.2) is 8.78 Å². The molecule has 0 saturated carbocycles. The minimum atomic E-state index is -2.55. The Balaban J connectivity index is 2.95. The van der Waals surface area contributed by atoms with Crippen molar-refractivity contribution in [2.24, 2.45) is 0 Å². The summed E-state index contributed by atoms with van der Waals surface area (Å²) in [4.78, 5) is -0.341. The van der Waals surface area contributed by atoms with Gasteiger partial charge in [0, 0.05) is 17.4 Å². The molecule has 0 heterocycles. The molecule has 1 unspecified atom stereocenters. The average Bonchev–Trinajstić information content (AvgIpc) is 1.85. The molecule has 1 aliphatic carbocycles. The fourth-order valence-electron chi connectivity index (χ4n) is 0.805. The average molecular weight is 179 g/mol. The topological polar surface area (TPSA) is 40.1 Å². The van der Waals surface area contributed by atoms with E-state index in [9.17, 15) is 17.5 Å². The lowest BCUT2D eigenvalue weighted by molar-refractivity contribution is 0.525. The van der Waals surface area contributed by atoms with Crippen molar-refractivity contribution in [3.63, 3.8) is 0 Å². The first-order valence-electron chi connectivity index (χ1n) is 2.95. The number of hydrogen-bond donors (Lipinski definition) is 0. The standard InChI is InChI=1S/C6H6F2O2S/c7-4-1-2-6(11(9)10)5(8)3-4/h3H,1-2H2,(H,9,10)/p-1. The first kappa shape index (κ1) is 8.55. The maximum absolute atomic E-state index is 12.5. The number of allylic oxidation sites excluding steroid dienone is 4. The second kappa shape index (κ2) is 3.23. The Bertz CT molecular complexity index is 257. The van der Waals surface area contributed by atoms with E-state index in [0.29, 0.717) is 6.08 Å². The number of halogens is 2. The Morgan fingerprint density at radius 1 is 1.45 bits per heavy atom. The molecule has 0 saturated heterocycles. The monoisotopic (exact) mass is 179 g/mol. The van der Waals surface area contributed by atoms with Gasteiger partial charge in [0.05, 0.1) is 0 Å². The molecule has 1 rings (SSSR count). The van der Waals surface area contributed by atoms with E-state index in [4.69, 9.17) is 0 Å². The summed E-state index contributed by atoms with van der Waals surface area (Å²) in [5, 5.41) is 0. The van der Waals surface area contributed by atoms with Crippen LogP contribution in [0.15, 0.2) is 22.6 Å². The van der Waals surface area contributed by atoms with Gasteiger partial charge in [-0.2, -0.15) is 0 Å². The zero-order chi connectivity index (χ0) is 8.43. The second-order valence-corrected chi connectivity index (χ2v) is 3.06. The highest BCUT2D eigenvalue weighted by atomic mass is 32.2. The molecule has 1 aliphatic rings. The SMILES string of the molecule is O=S([O-])C1=C(F)C=C(F)CC1. The molecule has 11 heavy (non-hydrogen) atoms. The lowest BCUT2D eigenvalue weighted by Crippen LogP contribution is -2.00. The van der Waals surface area contributed by atoms with E-state index in [0.717, 1.165) is 0 Å². The summed E-state index contributed by atoms with van der Waals surface area (Å²) in [5.74, 6) is -1.60. The lowest BCUT2D eigenvalue weighted by Gasteiger charge is -2.13. The van der Waals surface area contributed by atoms with E-state index in [2.05, 4.69) is 0 Å². The minimum Gasteiger partial charge on any atom is -0.769 e. The van der Waals surface area contributed by atoms with E-state index >= 15 is 0 Å². The Labute approximate surface area is 64.9 Å². The molecule has 0 aliphatic heterocycles. The van der Waals surface area contributed by atoms with Crippen LogP contribution in [0.5, 0.6) is 0 Å². The Morgan fingerprint density at radius 3 is 2.55 bits per heavy atom. The zero-order valence-electron chi connectivity index (χ0n) is 5.47. The summed E-state index contributed by atoms with van der Waals surface area (Å²) < 4.78 is 45.2. The predicted octanol–water partition coefficient (Wildman–Crippen LogP) is 1.69. The maximum Gasteiger partial charge on any atom is 0.136 e. The third kappa shape index (κ3) is 1.94. The summed E-state index contributed by atoms with van der Waals surface area (Å²) in [6.45, 7) is 0. The van der Waals surface area contributed by atoms with Crippen molar-refractivity contribution < 1.29 is 17.5 Å². The van der Waals surface area contributed by atoms with Gasteiger partial charge < -0.3 is 4.55 Å². The molecular formula is C6H5F2O2S-. The van der Waals surface area contributed by atoms with Crippen LogP contribution in [0.4, 0.5) is 8.78 Å². The first-order chi connectivity index (χ1) is 5.11. The maximum atomic E-state index is 12.5. The van der Waals surface area contributed by atoms with Crippen LogP contribution in [0, 0.1) is 0 Å². The molecule has 0 aromatic rings. The van der Waals surface area contributed by atoms with Gasteiger partial charge >= 0.3 is 0 Å². The van der Waals surface area contributed by atoms with Gasteiger partial charge in [-0.3, -0.25) is 4.21 Å². The van der Waals surface area contributed by atoms with Crippen LogP contribution < -0.4 is 0 Å². The van der Waals surface area contributed by atoms with E-state index in [-0.39, 0.29) is 17.7 Å². The molecule has 0 aromatic heterocycles. The van der Waals surface area contributed by atoms with E-state index in [1.165, 1.54) is 0 Å². The molecule has 0 bridgehead atoms. The Morgan fingerprint density at radius 2 is 2.09 bits per heavy atom. The molecule has 2 nitrogen and oxygen atoms in total. The van der Waals surface area contributed by atoms with Crippen LogP contribution in [0.25, 0.3) is 0 Å². The van der Waals surface area contributed by atoms with Crippen molar-refractivity contribution in [1.29, 1.82) is 0 Å². The molecule has 0 radical (unpaired) electrons. The van der Waals surface area contributed by atoms with E-state index in [1.807, 2.05) is 0 Å². The van der Waals surface area contributed by atoms with Crippen LogP contribution in [0.3, 0.4) is 0 Å². The third-order valence-corrected chi connectivity index (χ3v) is 2.14. The van der Waals surface area contributed by atoms with Gasteiger partial charge in [0.25, 0.3) is 0 Å². The zero-order valence-corrected chi connectivity index (χ0v) is 6.29. The first-order valence-corrected chi connectivity index (χ1v) is 4.02. The number of hydrogen-bond acceptors (Lipinski definition) is 2. The normalized spacial score (nSPS) is 21.5. The molecular weight excluding hydrogens is 174 g/mol. The Kier molecular flexibility index (Phi) is 2.51. The van der Waals surface area contributed by atoms with Crippen molar-refractivity contribution in [2.45, 2.75) is 12.8 Å². The van der Waals surface area contributed by atoms with Gasteiger partial charge in [-0.15, -0.1) is 0 Å². The predicted molar refractivity (Wildman–Crippen MR) is 35.5 cm³/mol. The fraction of sp³-hybridized carbons (Fsp3) is 0.333. The van der Waals surface area contributed by atoms with Crippen LogP contribution >= 0.6 is 0 Å². The molecule has 0 spiro atoms. The molecule has 0 fully saturated rings. The molecule has 62 valence electrons. The fourth-order valence-corrected chi connectivity index (χ4v) is 1.29. The van der Waals surface area contributed by atoms with Crippen LogP contribution in [-0.2, 0) is 11.1 Å². The third-order valence-electron chi connectivity index (χ3n) is 1.34. The molecule has 0 aromatic carbocycles. The van der Waals surface area contributed by atoms with Gasteiger partial charge in [0.15, 0.2) is 0 Å². The van der Waals surface area contributed by atoms with Gasteiger partial charge in [0.1, 0.15) is 11.7 Å². The highest BCUT2D eigenvalue weighted by Crippen LogP contribution is 2.26. The van der Waals surface area contributed by atoms with Gasteiger partial charge in [-0.05, 0) is 17.5 Å². The largest absolute Gasteiger partial charge is 0.769 e. The molecule has 1 atom stereocenters. The van der Waals surface area contributed by atoms with Gasteiger partial charge in [-0.1, -0.05) is 0 Å². The van der Waals surface area contributed by atoms with Crippen molar-refractivity contribution in [2.75, 3.05) is 0 Å². The van der Waals surface area contributed by atoms with E-state index < -0.39 is 22.7 Å². The molecule has 0 N–H and O–H groups in total. The Hall–Kier alpha value is -0.550. The minimum absolute atomic E-state index is 0.0310.